The van der Waals surface area contributed by atoms with Crippen molar-refractivity contribution in [3.8, 4) is 11.4 Å². The minimum absolute atomic E-state index is 0.284. The number of rotatable bonds is 5. The molecule has 0 unspecified atom stereocenters. The van der Waals surface area contributed by atoms with Crippen LogP contribution in [0.4, 0.5) is 21.5 Å². The summed E-state index contributed by atoms with van der Waals surface area (Å²) < 4.78 is 13.8. The Morgan fingerprint density at radius 3 is 1.08 bits per heavy atom. The summed E-state index contributed by atoms with van der Waals surface area (Å²) in [6.45, 7) is 0. The van der Waals surface area contributed by atoms with E-state index in [1.54, 1.807) is 21.7 Å². The summed E-state index contributed by atoms with van der Waals surface area (Å²) in [6, 6.07) is 37.9. The second kappa shape index (κ2) is 8.94. The lowest BCUT2D eigenvalue weighted by atomic mass is 10.1. The predicted molar refractivity (Wildman–Crippen MR) is 146 cm³/mol. The van der Waals surface area contributed by atoms with Gasteiger partial charge in [-0.15, -0.1) is 20.4 Å². The van der Waals surface area contributed by atoms with Crippen molar-refractivity contribution in [2.24, 2.45) is 0 Å². The number of anilines is 3. The normalized spacial score (nSPS) is 11.3. The number of benzene rings is 5. The topological polar surface area (TPSA) is 64.7 Å². The van der Waals surface area contributed by atoms with Gasteiger partial charge in [0.15, 0.2) is 0 Å². The molecule has 0 aliphatic carbocycles. The van der Waals surface area contributed by atoms with Crippen molar-refractivity contribution < 1.29 is 4.39 Å². The third kappa shape index (κ3) is 3.94. The highest BCUT2D eigenvalue weighted by Crippen LogP contribution is 2.35. The summed E-state index contributed by atoms with van der Waals surface area (Å²) in [7, 11) is 0. The number of aromatic nitrogens is 6. The Kier molecular flexibility index (Phi) is 5.14. The van der Waals surface area contributed by atoms with Gasteiger partial charge in [0, 0.05) is 17.1 Å². The fraction of sp³-hybridized carbons (Fsp3) is 0. The van der Waals surface area contributed by atoms with E-state index in [-0.39, 0.29) is 5.82 Å². The molecule has 0 N–H and O–H groups in total. The highest BCUT2D eigenvalue weighted by atomic mass is 19.1. The van der Waals surface area contributed by atoms with Crippen LogP contribution in [-0.4, -0.2) is 30.0 Å². The Morgan fingerprint density at radius 1 is 0.421 bits per heavy atom. The summed E-state index contributed by atoms with van der Waals surface area (Å²) >= 11 is 0. The van der Waals surface area contributed by atoms with E-state index in [1.165, 1.54) is 12.1 Å². The van der Waals surface area contributed by atoms with Crippen LogP contribution in [0.5, 0.6) is 0 Å². The standard InChI is InChI=1S/C30H20FN7/c31-21-9-11-22(12-10-21)36(23-13-17-25(18-14-23)37-32-27-5-1-2-6-28(27)33-37)24-15-19-26(20-16-24)38-34-29-7-3-4-8-30(29)35-38/h1-20H. The first kappa shape index (κ1) is 21.9. The maximum Gasteiger partial charge on any atom is 0.123 e. The molecule has 5 aromatic carbocycles. The van der Waals surface area contributed by atoms with Crippen LogP contribution in [0.3, 0.4) is 0 Å². The molecule has 182 valence electrons. The van der Waals surface area contributed by atoms with Gasteiger partial charge in [-0.05, 0) is 97.1 Å². The summed E-state index contributed by atoms with van der Waals surface area (Å²) in [5, 5.41) is 18.3. The van der Waals surface area contributed by atoms with Gasteiger partial charge in [-0.2, -0.15) is 9.59 Å². The quantitative estimate of drug-likeness (QED) is 0.263. The minimum Gasteiger partial charge on any atom is -0.310 e. The van der Waals surface area contributed by atoms with Crippen LogP contribution in [0.15, 0.2) is 121 Å². The largest absolute Gasteiger partial charge is 0.310 e. The van der Waals surface area contributed by atoms with Crippen LogP contribution in [0.2, 0.25) is 0 Å². The molecule has 38 heavy (non-hydrogen) atoms. The predicted octanol–water partition coefficient (Wildman–Crippen LogP) is 6.76. The molecule has 7 nitrogen and oxygen atoms in total. The molecule has 7 rings (SSSR count). The Hall–Kier alpha value is -5.37. The number of nitrogens with zero attached hydrogens (tertiary/aromatic N) is 7. The average Bonchev–Trinajstić information content (AvgIpc) is 3.60. The van der Waals surface area contributed by atoms with E-state index in [0.29, 0.717) is 0 Å². The Labute approximate surface area is 217 Å². The molecule has 0 amide bonds. The van der Waals surface area contributed by atoms with Crippen LogP contribution < -0.4 is 4.90 Å². The van der Waals surface area contributed by atoms with Crippen molar-refractivity contribution in [3.63, 3.8) is 0 Å². The maximum atomic E-state index is 13.8. The zero-order chi connectivity index (χ0) is 25.5. The monoisotopic (exact) mass is 497 g/mol. The summed E-state index contributed by atoms with van der Waals surface area (Å²) in [5.41, 5.74) is 7.69. The lowest BCUT2D eigenvalue weighted by Gasteiger charge is -2.25. The molecule has 0 fully saturated rings. The Morgan fingerprint density at radius 2 is 0.737 bits per heavy atom. The van der Waals surface area contributed by atoms with Crippen molar-refractivity contribution in [2.75, 3.05) is 4.90 Å². The van der Waals surface area contributed by atoms with Gasteiger partial charge in [-0.25, -0.2) is 4.39 Å². The molecule has 0 saturated carbocycles. The average molecular weight is 498 g/mol. The van der Waals surface area contributed by atoms with Crippen LogP contribution in [-0.2, 0) is 0 Å². The van der Waals surface area contributed by atoms with Gasteiger partial charge >= 0.3 is 0 Å². The number of halogens is 1. The Bertz CT molecular complexity index is 1690. The molecule has 8 heteroatoms. The van der Waals surface area contributed by atoms with Crippen LogP contribution in [0.25, 0.3) is 33.4 Å². The van der Waals surface area contributed by atoms with Gasteiger partial charge in [-0.3, -0.25) is 0 Å². The highest BCUT2D eigenvalue weighted by Gasteiger charge is 2.14. The number of hydrogen-bond acceptors (Lipinski definition) is 5. The molecule has 2 heterocycles. The molecule has 0 aliphatic rings. The molecule has 0 saturated heterocycles. The van der Waals surface area contributed by atoms with Crippen molar-refractivity contribution in [3.05, 3.63) is 127 Å². The van der Waals surface area contributed by atoms with E-state index in [9.17, 15) is 4.39 Å². The van der Waals surface area contributed by atoms with E-state index in [0.717, 1.165) is 50.5 Å². The van der Waals surface area contributed by atoms with Crippen molar-refractivity contribution in [1.82, 2.24) is 30.0 Å². The molecular weight excluding hydrogens is 477 g/mol. The zero-order valence-corrected chi connectivity index (χ0v) is 20.1. The molecule has 0 bridgehead atoms. The van der Waals surface area contributed by atoms with Gasteiger partial charge in [-0.1, -0.05) is 24.3 Å². The summed E-state index contributed by atoms with van der Waals surface area (Å²) in [6.07, 6.45) is 0. The van der Waals surface area contributed by atoms with E-state index in [1.807, 2.05) is 97.1 Å². The van der Waals surface area contributed by atoms with Crippen molar-refractivity contribution in [2.45, 2.75) is 0 Å². The maximum absolute atomic E-state index is 13.8. The van der Waals surface area contributed by atoms with Gasteiger partial charge in [0.25, 0.3) is 0 Å². The van der Waals surface area contributed by atoms with Crippen molar-refractivity contribution >= 4 is 39.1 Å². The molecule has 2 aromatic heterocycles. The second-order valence-corrected chi connectivity index (χ2v) is 8.80. The molecule has 0 radical (unpaired) electrons. The SMILES string of the molecule is Fc1ccc(N(c2ccc(-n3nc4ccccc4n3)cc2)c2ccc(-n3nc4ccccc4n3)cc2)cc1. The van der Waals surface area contributed by atoms with E-state index >= 15 is 0 Å². The first-order chi connectivity index (χ1) is 18.7. The first-order valence-electron chi connectivity index (χ1n) is 12.1. The third-order valence-corrected chi connectivity index (χ3v) is 6.34. The number of fused-ring (bicyclic) bond motifs is 2. The first-order valence-corrected chi connectivity index (χ1v) is 12.1. The van der Waals surface area contributed by atoms with E-state index < -0.39 is 0 Å². The smallest absolute Gasteiger partial charge is 0.123 e. The lowest BCUT2D eigenvalue weighted by Crippen LogP contribution is -2.10. The van der Waals surface area contributed by atoms with Gasteiger partial charge < -0.3 is 4.90 Å². The molecule has 0 spiro atoms. The highest BCUT2D eigenvalue weighted by molar-refractivity contribution is 5.78. The van der Waals surface area contributed by atoms with Gasteiger partial charge in [0.2, 0.25) is 0 Å². The summed E-state index contributed by atoms with van der Waals surface area (Å²) in [5.74, 6) is -0.284. The molecule has 0 aliphatic heterocycles. The fourth-order valence-corrected chi connectivity index (χ4v) is 4.46. The van der Waals surface area contributed by atoms with Crippen molar-refractivity contribution in [1.29, 1.82) is 0 Å². The Balaban J connectivity index is 1.25. The fourth-order valence-electron chi connectivity index (χ4n) is 4.46. The van der Waals surface area contributed by atoms with Gasteiger partial charge in [0.1, 0.15) is 27.9 Å². The van der Waals surface area contributed by atoms with Crippen LogP contribution in [0.1, 0.15) is 0 Å². The zero-order valence-electron chi connectivity index (χ0n) is 20.1. The molecular formula is C30H20FN7. The second-order valence-electron chi connectivity index (χ2n) is 8.80. The molecule has 7 aromatic rings. The summed E-state index contributed by atoms with van der Waals surface area (Å²) in [4.78, 5) is 5.33. The minimum atomic E-state index is -0.284. The van der Waals surface area contributed by atoms with Crippen LogP contribution >= 0.6 is 0 Å². The van der Waals surface area contributed by atoms with Gasteiger partial charge in [0.05, 0.1) is 11.4 Å². The van der Waals surface area contributed by atoms with E-state index in [2.05, 4.69) is 25.3 Å². The third-order valence-electron chi connectivity index (χ3n) is 6.34. The van der Waals surface area contributed by atoms with Crippen LogP contribution in [0, 0.1) is 5.82 Å². The lowest BCUT2D eigenvalue weighted by molar-refractivity contribution is 0.628. The number of hydrogen-bond donors (Lipinski definition) is 0. The molecule has 0 atom stereocenters. The van der Waals surface area contributed by atoms with E-state index in [4.69, 9.17) is 0 Å².